The molecule has 0 saturated carbocycles. The maximum atomic E-state index is 11.5. The van der Waals surface area contributed by atoms with E-state index in [1.807, 2.05) is 26.0 Å². The van der Waals surface area contributed by atoms with Gasteiger partial charge in [-0.2, -0.15) is 0 Å². The number of rotatable bonds is 7. The van der Waals surface area contributed by atoms with E-state index in [1.54, 1.807) is 12.1 Å². The van der Waals surface area contributed by atoms with Crippen molar-refractivity contribution in [1.29, 1.82) is 0 Å². The number of hydrogen-bond acceptors (Lipinski definition) is 4. The summed E-state index contributed by atoms with van der Waals surface area (Å²) in [6, 6.07) is 7.22. The first kappa shape index (κ1) is 14.4. The Labute approximate surface area is 108 Å². The molecule has 0 aromatic heterocycles. The molecule has 0 spiro atoms. The topological polar surface area (TPSA) is 61.5 Å². The highest BCUT2D eigenvalue weighted by atomic mass is 16.5. The lowest BCUT2D eigenvalue weighted by Gasteiger charge is -2.14. The van der Waals surface area contributed by atoms with Gasteiger partial charge in [-0.1, -0.05) is 26.0 Å². The third kappa shape index (κ3) is 4.65. The summed E-state index contributed by atoms with van der Waals surface area (Å²) in [6.07, 6.45) is 1.94. The lowest BCUT2D eigenvalue weighted by molar-refractivity contribution is -0.149. The quantitative estimate of drug-likeness (QED) is 0.598. The average Bonchev–Trinajstić information content (AvgIpc) is 2.38. The molecular weight excluding hydrogens is 230 g/mol. The second-order valence-electron chi connectivity index (χ2n) is 4.06. The lowest BCUT2D eigenvalue weighted by atomic mass is 10.2. The molecule has 0 radical (unpaired) electrons. The Bertz CT molecular complexity index is 375. The molecule has 0 saturated heterocycles. The summed E-state index contributed by atoms with van der Waals surface area (Å²) in [4.78, 5) is 11.5. The smallest absolute Gasteiger partial charge is 0.309 e. The van der Waals surface area contributed by atoms with Crippen LogP contribution in [0.15, 0.2) is 24.3 Å². The summed E-state index contributed by atoms with van der Waals surface area (Å²) in [5.74, 6) is 0.381. The first-order chi connectivity index (χ1) is 8.67. The highest BCUT2D eigenvalue weighted by Crippen LogP contribution is 2.19. The molecule has 0 amide bonds. The molecule has 4 heteroatoms. The van der Waals surface area contributed by atoms with Crippen LogP contribution in [0.2, 0.25) is 0 Å². The van der Waals surface area contributed by atoms with E-state index in [9.17, 15) is 4.79 Å². The van der Waals surface area contributed by atoms with Gasteiger partial charge in [0.05, 0.1) is 18.7 Å². The number of ether oxygens (including phenoxy) is 2. The Morgan fingerprint density at radius 1 is 1.28 bits per heavy atom. The number of nitrogen functional groups attached to an aromatic ring is 1. The van der Waals surface area contributed by atoms with Crippen LogP contribution in [0.1, 0.15) is 33.1 Å². The van der Waals surface area contributed by atoms with Crippen molar-refractivity contribution in [3.8, 4) is 5.75 Å². The lowest BCUT2D eigenvalue weighted by Crippen LogP contribution is -2.18. The van der Waals surface area contributed by atoms with E-state index in [4.69, 9.17) is 15.2 Å². The maximum absolute atomic E-state index is 11.5. The predicted molar refractivity (Wildman–Crippen MR) is 71.4 cm³/mol. The van der Waals surface area contributed by atoms with Crippen LogP contribution in [-0.2, 0) is 9.53 Å². The summed E-state index contributed by atoms with van der Waals surface area (Å²) in [5, 5.41) is 0. The fourth-order valence-electron chi connectivity index (χ4n) is 1.56. The SMILES string of the molecule is CCC(CC)OC(=O)CCOc1ccccc1N. The minimum absolute atomic E-state index is 0.0132. The normalized spacial score (nSPS) is 10.4. The Morgan fingerprint density at radius 2 is 1.94 bits per heavy atom. The zero-order valence-electron chi connectivity index (χ0n) is 11.0. The van der Waals surface area contributed by atoms with Crippen LogP contribution in [0.3, 0.4) is 0 Å². The zero-order chi connectivity index (χ0) is 13.4. The zero-order valence-corrected chi connectivity index (χ0v) is 11.0. The monoisotopic (exact) mass is 251 g/mol. The number of anilines is 1. The number of nitrogens with two attached hydrogens (primary N) is 1. The highest BCUT2D eigenvalue weighted by Gasteiger charge is 2.10. The fourth-order valence-corrected chi connectivity index (χ4v) is 1.56. The van der Waals surface area contributed by atoms with Gasteiger partial charge in [-0.05, 0) is 25.0 Å². The van der Waals surface area contributed by atoms with Gasteiger partial charge < -0.3 is 15.2 Å². The van der Waals surface area contributed by atoms with Crippen LogP contribution in [0.4, 0.5) is 5.69 Å². The molecule has 100 valence electrons. The van der Waals surface area contributed by atoms with Crippen LogP contribution in [0.25, 0.3) is 0 Å². The van der Waals surface area contributed by atoms with E-state index in [0.717, 1.165) is 12.8 Å². The van der Waals surface area contributed by atoms with Crippen molar-refractivity contribution in [2.24, 2.45) is 0 Å². The van der Waals surface area contributed by atoms with Crippen molar-refractivity contribution in [3.05, 3.63) is 24.3 Å². The summed E-state index contributed by atoms with van der Waals surface area (Å²) in [6.45, 7) is 4.29. The Kier molecular flexibility index (Phi) is 6.05. The first-order valence-corrected chi connectivity index (χ1v) is 6.34. The molecule has 1 aromatic rings. The van der Waals surface area contributed by atoms with Gasteiger partial charge in [0.25, 0.3) is 0 Å². The minimum atomic E-state index is -0.224. The Morgan fingerprint density at radius 3 is 2.56 bits per heavy atom. The van der Waals surface area contributed by atoms with Gasteiger partial charge in [0.2, 0.25) is 0 Å². The molecule has 4 nitrogen and oxygen atoms in total. The summed E-state index contributed by atoms with van der Waals surface area (Å²) >= 11 is 0. The number of esters is 1. The van der Waals surface area contributed by atoms with Gasteiger partial charge in [-0.3, -0.25) is 4.79 Å². The van der Waals surface area contributed by atoms with E-state index < -0.39 is 0 Å². The Hall–Kier alpha value is -1.71. The largest absolute Gasteiger partial charge is 0.491 e. The summed E-state index contributed by atoms with van der Waals surface area (Å²) in [7, 11) is 0. The molecule has 0 unspecified atom stereocenters. The number of carbonyl (C=O) groups excluding carboxylic acids is 1. The van der Waals surface area contributed by atoms with Gasteiger partial charge >= 0.3 is 5.97 Å². The van der Waals surface area contributed by atoms with E-state index in [-0.39, 0.29) is 25.1 Å². The van der Waals surface area contributed by atoms with Gasteiger partial charge in [0, 0.05) is 0 Å². The highest BCUT2D eigenvalue weighted by molar-refractivity contribution is 5.69. The van der Waals surface area contributed by atoms with E-state index in [1.165, 1.54) is 0 Å². The number of carbonyl (C=O) groups is 1. The molecule has 0 fully saturated rings. The third-order valence-electron chi connectivity index (χ3n) is 2.69. The molecule has 18 heavy (non-hydrogen) atoms. The van der Waals surface area contributed by atoms with Gasteiger partial charge in [-0.25, -0.2) is 0 Å². The van der Waals surface area contributed by atoms with E-state index in [0.29, 0.717) is 11.4 Å². The second-order valence-corrected chi connectivity index (χ2v) is 4.06. The van der Waals surface area contributed by atoms with Crippen molar-refractivity contribution in [2.75, 3.05) is 12.3 Å². The van der Waals surface area contributed by atoms with Crippen molar-refractivity contribution in [3.63, 3.8) is 0 Å². The van der Waals surface area contributed by atoms with Crippen LogP contribution in [0.5, 0.6) is 5.75 Å². The van der Waals surface area contributed by atoms with Gasteiger partial charge in [-0.15, -0.1) is 0 Å². The molecule has 2 N–H and O–H groups in total. The number of hydrogen-bond donors (Lipinski definition) is 1. The average molecular weight is 251 g/mol. The first-order valence-electron chi connectivity index (χ1n) is 6.34. The molecular formula is C14H21NO3. The van der Waals surface area contributed by atoms with Crippen LogP contribution >= 0.6 is 0 Å². The van der Waals surface area contributed by atoms with E-state index >= 15 is 0 Å². The van der Waals surface area contributed by atoms with Crippen molar-refractivity contribution < 1.29 is 14.3 Å². The van der Waals surface area contributed by atoms with Crippen LogP contribution < -0.4 is 10.5 Å². The molecule has 0 atom stereocenters. The second kappa shape index (κ2) is 7.58. The van der Waals surface area contributed by atoms with Crippen LogP contribution in [-0.4, -0.2) is 18.7 Å². The molecule has 1 rings (SSSR count). The van der Waals surface area contributed by atoms with Crippen molar-refractivity contribution in [1.82, 2.24) is 0 Å². The van der Waals surface area contributed by atoms with Gasteiger partial charge in [0.15, 0.2) is 0 Å². The third-order valence-corrected chi connectivity index (χ3v) is 2.69. The van der Waals surface area contributed by atoms with Crippen molar-refractivity contribution >= 4 is 11.7 Å². The molecule has 0 aliphatic heterocycles. The Balaban J connectivity index is 2.29. The number of benzene rings is 1. The molecule has 0 heterocycles. The minimum Gasteiger partial charge on any atom is -0.491 e. The van der Waals surface area contributed by atoms with Gasteiger partial charge in [0.1, 0.15) is 11.9 Å². The predicted octanol–water partition coefficient (Wildman–Crippen LogP) is 2.77. The molecule has 0 aliphatic carbocycles. The van der Waals surface area contributed by atoms with E-state index in [2.05, 4.69) is 0 Å². The molecule has 0 aliphatic rings. The summed E-state index contributed by atoms with van der Waals surface area (Å²) in [5.41, 5.74) is 6.29. The standard InChI is InChI=1S/C14H21NO3/c1-3-11(4-2)18-14(16)9-10-17-13-8-6-5-7-12(13)15/h5-8,11H,3-4,9-10,15H2,1-2H3. The van der Waals surface area contributed by atoms with Crippen LogP contribution in [0, 0.1) is 0 Å². The molecule has 1 aromatic carbocycles. The number of para-hydroxylation sites is 2. The fraction of sp³-hybridized carbons (Fsp3) is 0.500. The maximum Gasteiger partial charge on any atom is 0.309 e. The molecule has 0 bridgehead atoms. The summed E-state index contributed by atoms with van der Waals surface area (Å²) < 4.78 is 10.7. The van der Waals surface area contributed by atoms with Crippen molar-refractivity contribution in [2.45, 2.75) is 39.2 Å².